The number of hydrogen-bond acceptors (Lipinski definition) is 6. The van der Waals surface area contributed by atoms with Gasteiger partial charge in [-0.05, 0) is 12.1 Å². The van der Waals surface area contributed by atoms with Crippen LogP contribution in [0.15, 0.2) is 24.3 Å². The second kappa shape index (κ2) is 6.35. The van der Waals surface area contributed by atoms with Gasteiger partial charge in [-0.15, -0.1) is 0 Å². The molecule has 1 aromatic carbocycles. The molecule has 7 nitrogen and oxygen atoms in total. The number of nitrogens with zero attached hydrogens (tertiary/aromatic N) is 2. The first-order valence-corrected chi connectivity index (χ1v) is 7.49. The first kappa shape index (κ1) is 14.2. The monoisotopic (exact) mass is 324 g/mol. The quantitative estimate of drug-likeness (QED) is 0.686. The number of hydrazine groups is 1. The van der Waals surface area contributed by atoms with E-state index in [-0.39, 0.29) is 12.1 Å². The molecule has 2 amide bonds. The predicted octanol–water partition coefficient (Wildman–Crippen LogP) is 1.46. The van der Waals surface area contributed by atoms with Gasteiger partial charge < -0.3 is 5.32 Å². The number of rotatable bonds is 3. The van der Waals surface area contributed by atoms with E-state index in [2.05, 4.69) is 30.8 Å². The molecular formula is C12H13ClN6OS. The number of anilines is 1. The number of halogens is 1. The van der Waals surface area contributed by atoms with E-state index < -0.39 is 0 Å². The summed E-state index contributed by atoms with van der Waals surface area (Å²) in [5.41, 5.74) is 6.63. The number of hydrogen-bond donors (Lipinski definition) is 4. The van der Waals surface area contributed by atoms with Crippen LogP contribution in [-0.4, -0.2) is 34.5 Å². The highest BCUT2D eigenvalue weighted by molar-refractivity contribution is 7.10. The van der Waals surface area contributed by atoms with Gasteiger partial charge in [0.25, 0.3) is 0 Å². The molecule has 3 rings (SSSR count). The zero-order chi connectivity index (χ0) is 14.7. The standard InChI is InChI=1S/C12H13ClN6OS/c13-9-4-2-1-3-8(9)10-17-12(21-19-10)18-11(20)16-7-5-14-15-6-7/h1-4,7,14-15H,5-6H2,(H2,16,17,18,19,20). The number of urea groups is 1. The largest absolute Gasteiger partial charge is 0.332 e. The van der Waals surface area contributed by atoms with Gasteiger partial charge in [-0.3, -0.25) is 16.2 Å². The minimum Gasteiger partial charge on any atom is -0.332 e. The van der Waals surface area contributed by atoms with Crippen LogP contribution in [0.1, 0.15) is 0 Å². The van der Waals surface area contributed by atoms with E-state index in [1.165, 1.54) is 0 Å². The Labute approximate surface area is 130 Å². The Morgan fingerprint density at radius 1 is 1.33 bits per heavy atom. The molecule has 0 saturated carbocycles. The van der Waals surface area contributed by atoms with E-state index >= 15 is 0 Å². The maximum atomic E-state index is 11.8. The van der Waals surface area contributed by atoms with Gasteiger partial charge in [-0.25, -0.2) is 4.79 Å². The predicted molar refractivity (Wildman–Crippen MR) is 82.3 cm³/mol. The summed E-state index contributed by atoms with van der Waals surface area (Å²) < 4.78 is 4.21. The van der Waals surface area contributed by atoms with Crippen LogP contribution < -0.4 is 21.5 Å². The average Bonchev–Trinajstić information content (AvgIpc) is 3.11. The van der Waals surface area contributed by atoms with Crippen molar-refractivity contribution >= 4 is 34.3 Å². The van der Waals surface area contributed by atoms with Gasteiger partial charge in [0, 0.05) is 30.2 Å². The molecule has 0 spiro atoms. The summed E-state index contributed by atoms with van der Waals surface area (Å²) >= 11 is 7.21. The van der Waals surface area contributed by atoms with Crippen molar-refractivity contribution in [3.05, 3.63) is 29.3 Å². The maximum Gasteiger partial charge on any atom is 0.321 e. The van der Waals surface area contributed by atoms with Crippen LogP contribution >= 0.6 is 23.1 Å². The van der Waals surface area contributed by atoms with Gasteiger partial charge in [0.2, 0.25) is 5.13 Å². The number of nitrogens with one attached hydrogen (secondary N) is 4. The van der Waals surface area contributed by atoms with Crippen LogP contribution in [-0.2, 0) is 0 Å². The molecule has 110 valence electrons. The lowest BCUT2D eigenvalue weighted by atomic mass is 10.2. The summed E-state index contributed by atoms with van der Waals surface area (Å²) in [4.78, 5) is 16.1. The molecule has 1 aliphatic rings. The molecule has 0 unspecified atom stereocenters. The third-order valence-electron chi connectivity index (χ3n) is 2.92. The Morgan fingerprint density at radius 2 is 2.10 bits per heavy atom. The zero-order valence-electron chi connectivity index (χ0n) is 10.9. The van der Waals surface area contributed by atoms with Gasteiger partial charge in [-0.1, -0.05) is 23.7 Å². The summed E-state index contributed by atoms with van der Waals surface area (Å²) in [6.07, 6.45) is 0. The number of carbonyl (C=O) groups is 1. The number of carbonyl (C=O) groups excluding carboxylic acids is 1. The molecule has 0 bridgehead atoms. The molecular weight excluding hydrogens is 312 g/mol. The van der Waals surface area contributed by atoms with Crippen molar-refractivity contribution < 1.29 is 4.79 Å². The summed E-state index contributed by atoms with van der Waals surface area (Å²) in [6.45, 7) is 1.38. The lowest BCUT2D eigenvalue weighted by molar-refractivity contribution is 0.249. The summed E-state index contributed by atoms with van der Waals surface area (Å²) in [5.74, 6) is 0.505. The van der Waals surface area contributed by atoms with Crippen molar-refractivity contribution in [1.29, 1.82) is 0 Å². The van der Waals surface area contributed by atoms with Crippen LogP contribution in [0.3, 0.4) is 0 Å². The molecule has 1 fully saturated rings. The molecule has 1 saturated heterocycles. The second-order valence-corrected chi connectivity index (χ2v) is 5.62. The summed E-state index contributed by atoms with van der Waals surface area (Å²) in [5, 5.41) is 6.51. The minimum absolute atomic E-state index is 0.0564. The molecule has 0 aliphatic carbocycles. The molecule has 1 aromatic heterocycles. The van der Waals surface area contributed by atoms with E-state index in [1.54, 1.807) is 6.07 Å². The van der Waals surface area contributed by atoms with Crippen LogP contribution in [0.5, 0.6) is 0 Å². The Kier molecular flexibility index (Phi) is 4.30. The average molecular weight is 325 g/mol. The maximum absolute atomic E-state index is 11.8. The fraction of sp³-hybridized carbons (Fsp3) is 0.250. The summed E-state index contributed by atoms with van der Waals surface area (Å²) in [7, 11) is 0. The SMILES string of the molecule is O=C(Nc1nc(-c2ccccc2Cl)ns1)NC1CNNC1. The molecule has 2 heterocycles. The van der Waals surface area contributed by atoms with Crippen LogP contribution in [0.4, 0.5) is 9.93 Å². The second-order valence-electron chi connectivity index (χ2n) is 4.46. The lowest BCUT2D eigenvalue weighted by Crippen LogP contribution is -2.40. The molecule has 2 aromatic rings. The van der Waals surface area contributed by atoms with Gasteiger partial charge in [0.1, 0.15) is 0 Å². The fourth-order valence-electron chi connectivity index (χ4n) is 1.91. The van der Waals surface area contributed by atoms with Crippen molar-refractivity contribution in [1.82, 2.24) is 25.5 Å². The minimum atomic E-state index is -0.299. The molecule has 0 atom stereocenters. The third-order valence-corrected chi connectivity index (χ3v) is 3.88. The third kappa shape index (κ3) is 3.48. The highest BCUT2D eigenvalue weighted by atomic mass is 35.5. The lowest BCUT2D eigenvalue weighted by Gasteiger charge is -2.09. The van der Waals surface area contributed by atoms with Gasteiger partial charge in [0.15, 0.2) is 5.82 Å². The van der Waals surface area contributed by atoms with Gasteiger partial charge in [0.05, 0.1) is 11.1 Å². The number of benzene rings is 1. The first-order chi connectivity index (χ1) is 10.2. The van der Waals surface area contributed by atoms with Crippen LogP contribution in [0.2, 0.25) is 5.02 Å². The fourth-order valence-corrected chi connectivity index (χ4v) is 2.71. The molecule has 21 heavy (non-hydrogen) atoms. The Bertz CT molecular complexity index is 642. The smallest absolute Gasteiger partial charge is 0.321 e. The van der Waals surface area contributed by atoms with Crippen molar-refractivity contribution in [3.8, 4) is 11.4 Å². The zero-order valence-corrected chi connectivity index (χ0v) is 12.5. The van der Waals surface area contributed by atoms with Crippen molar-refractivity contribution in [2.45, 2.75) is 6.04 Å². The molecule has 1 aliphatic heterocycles. The van der Waals surface area contributed by atoms with Crippen molar-refractivity contribution in [2.75, 3.05) is 18.4 Å². The van der Waals surface area contributed by atoms with E-state index in [1.807, 2.05) is 18.2 Å². The van der Waals surface area contributed by atoms with E-state index in [0.29, 0.717) is 29.1 Å². The number of aromatic nitrogens is 2. The van der Waals surface area contributed by atoms with E-state index in [0.717, 1.165) is 17.1 Å². The molecule has 4 N–H and O–H groups in total. The first-order valence-electron chi connectivity index (χ1n) is 6.34. The topological polar surface area (TPSA) is 91.0 Å². The summed E-state index contributed by atoms with van der Waals surface area (Å²) in [6, 6.07) is 7.08. The van der Waals surface area contributed by atoms with Crippen molar-refractivity contribution in [2.24, 2.45) is 0 Å². The highest BCUT2D eigenvalue weighted by Crippen LogP contribution is 2.27. The van der Waals surface area contributed by atoms with Crippen LogP contribution in [0.25, 0.3) is 11.4 Å². The Balaban J connectivity index is 1.65. The highest BCUT2D eigenvalue weighted by Gasteiger charge is 2.17. The molecule has 0 radical (unpaired) electrons. The normalized spacial score (nSPS) is 15.1. The van der Waals surface area contributed by atoms with Gasteiger partial charge in [-0.2, -0.15) is 9.36 Å². The van der Waals surface area contributed by atoms with E-state index in [4.69, 9.17) is 11.6 Å². The van der Waals surface area contributed by atoms with Crippen LogP contribution in [0, 0.1) is 0 Å². The Hall–Kier alpha value is -1.74. The molecule has 9 heteroatoms. The van der Waals surface area contributed by atoms with Gasteiger partial charge >= 0.3 is 6.03 Å². The number of amides is 2. The van der Waals surface area contributed by atoms with Crippen molar-refractivity contribution in [3.63, 3.8) is 0 Å². The van der Waals surface area contributed by atoms with E-state index in [9.17, 15) is 4.79 Å². The Morgan fingerprint density at radius 3 is 2.86 bits per heavy atom.